The van der Waals surface area contributed by atoms with E-state index in [1.54, 1.807) is 0 Å². The van der Waals surface area contributed by atoms with Crippen molar-refractivity contribution in [3.05, 3.63) is 64.7 Å². The highest BCUT2D eigenvalue weighted by molar-refractivity contribution is 9.09. The van der Waals surface area contributed by atoms with Gasteiger partial charge in [0.05, 0.1) is 4.83 Å². The standard InChI is InChI=1S/C16H13BrF2O/c1-9-6-11-7-10(2-5-15(11)20-9)16(17)13-4-3-12(18)8-14(13)19/h2-5,7-9,16H,6H2,1H3. The molecule has 1 heterocycles. The van der Waals surface area contributed by atoms with Crippen LogP contribution in [0.4, 0.5) is 8.78 Å². The van der Waals surface area contributed by atoms with Gasteiger partial charge in [0.15, 0.2) is 0 Å². The van der Waals surface area contributed by atoms with E-state index in [0.29, 0.717) is 5.56 Å². The summed E-state index contributed by atoms with van der Waals surface area (Å²) in [5, 5.41) is 0. The molecule has 1 aliphatic rings. The van der Waals surface area contributed by atoms with E-state index >= 15 is 0 Å². The van der Waals surface area contributed by atoms with Crippen LogP contribution in [0.2, 0.25) is 0 Å². The average Bonchev–Trinajstić information content (AvgIpc) is 2.77. The third-order valence-corrected chi connectivity index (χ3v) is 4.47. The Hall–Kier alpha value is -1.42. The average molecular weight is 339 g/mol. The highest BCUT2D eigenvalue weighted by Gasteiger charge is 2.22. The van der Waals surface area contributed by atoms with Gasteiger partial charge in [-0.25, -0.2) is 8.78 Å². The minimum absolute atomic E-state index is 0.177. The highest BCUT2D eigenvalue weighted by Crippen LogP contribution is 2.37. The van der Waals surface area contributed by atoms with Gasteiger partial charge in [-0.15, -0.1) is 0 Å². The van der Waals surface area contributed by atoms with Crippen molar-refractivity contribution in [2.24, 2.45) is 0 Å². The van der Waals surface area contributed by atoms with Gasteiger partial charge in [0, 0.05) is 18.1 Å². The van der Waals surface area contributed by atoms with Gasteiger partial charge in [-0.05, 0) is 30.2 Å². The first-order valence-electron chi connectivity index (χ1n) is 6.43. The monoisotopic (exact) mass is 338 g/mol. The second kappa shape index (κ2) is 5.17. The van der Waals surface area contributed by atoms with Crippen LogP contribution in [-0.2, 0) is 6.42 Å². The second-order valence-corrected chi connectivity index (χ2v) is 5.94. The Morgan fingerprint density at radius 2 is 2.00 bits per heavy atom. The molecule has 1 nitrogen and oxygen atoms in total. The number of hydrogen-bond acceptors (Lipinski definition) is 1. The summed E-state index contributed by atoms with van der Waals surface area (Å²) >= 11 is 3.49. The molecule has 20 heavy (non-hydrogen) atoms. The van der Waals surface area contributed by atoms with Gasteiger partial charge in [0.2, 0.25) is 0 Å². The van der Waals surface area contributed by atoms with Crippen LogP contribution in [-0.4, -0.2) is 6.10 Å². The van der Waals surface area contributed by atoms with Crippen LogP contribution >= 0.6 is 15.9 Å². The maximum atomic E-state index is 13.8. The summed E-state index contributed by atoms with van der Waals surface area (Å²) in [7, 11) is 0. The predicted molar refractivity (Wildman–Crippen MR) is 77.4 cm³/mol. The molecule has 0 spiro atoms. The summed E-state index contributed by atoms with van der Waals surface area (Å²) in [6, 6.07) is 9.47. The SMILES string of the molecule is CC1Cc2cc(C(Br)c3ccc(F)cc3F)ccc2O1. The minimum atomic E-state index is -0.567. The summed E-state index contributed by atoms with van der Waals surface area (Å²) in [6.07, 6.45) is 1.03. The predicted octanol–water partition coefficient (Wildman–Crippen LogP) is 4.77. The number of rotatable bonds is 2. The van der Waals surface area contributed by atoms with Crippen LogP contribution in [0.25, 0.3) is 0 Å². The lowest BCUT2D eigenvalue weighted by Gasteiger charge is -2.13. The van der Waals surface area contributed by atoms with Gasteiger partial charge in [-0.2, -0.15) is 0 Å². The van der Waals surface area contributed by atoms with E-state index in [-0.39, 0.29) is 10.9 Å². The Bertz CT molecular complexity index is 657. The van der Waals surface area contributed by atoms with Crippen molar-refractivity contribution in [3.8, 4) is 5.75 Å². The maximum Gasteiger partial charge on any atom is 0.130 e. The molecule has 0 bridgehead atoms. The first kappa shape index (κ1) is 13.6. The van der Waals surface area contributed by atoms with Crippen molar-refractivity contribution in [2.75, 3.05) is 0 Å². The lowest BCUT2D eigenvalue weighted by atomic mass is 10.0. The van der Waals surface area contributed by atoms with Gasteiger partial charge < -0.3 is 4.74 Å². The third-order valence-electron chi connectivity index (χ3n) is 3.45. The molecule has 104 valence electrons. The zero-order chi connectivity index (χ0) is 14.3. The Labute approximate surface area is 124 Å². The lowest BCUT2D eigenvalue weighted by molar-refractivity contribution is 0.254. The Balaban J connectivity index is 1.95. The fourth-order valence-electron chi connectivity index (χ4n) is 2.49. The molecule has 2 aromatic rings. The molecule has 3 rings (SSSR count). The third kappa shape index (κ3) is 2.44. The van der Waals surface area contributed by atoms with Crippen LogP contribution < -0.4 is 4.74 Å². The molecule has 4 heteroatoms. The van der Waals surface area contributed by atoms with E-state index in [0.717, 1.165) is 29.4 Å². The van der Waals surface area contributed by atoms with Gasteiger partial charge in [-0.3, -0.25) is 0 Å². The highest BCUT2D eigenvalue weighted by atomic mass is 79.9. The van der Waals surface area contributed by atoms with Crippen LogP contribution in [0.15, 0.2) is 36.4 Å². The zero-order valence-corrected chi connectivity index (χ0v) is 12.5. The van der Waals surface area contributed by atoms with E-state index in [9.17, 15) is 8.78 Å². The van der Waals surface area contributed by atoms with E-state index in [4.69, 9.17) is 4.74 Å². The van der Waals surface area contributed by atoms with Crippen molar-refractivity contribution in [3.63, 3.8) is 0 Å². The summed E-state index contributed by atoms with van der Waals surface area (Å²) < 4.78 is 32.4. The molecule has 2 unspecified atom stereocenters. The molecule has 0 amide bonds. The molecule has 0 aromatic heterocycles. The van der Waals surface area contributed by atoms with Gasteiger partial charge in [-0.1, -0.05) is 34.1 Å². The molecule has 0 aliphatic carbocycles. The molecule has 1 aliphatic heterocycles. The Kier molecular flexibility index (Phi) is 3.50. The molecule has 2 atom stereocenters. The van der Waals surface area contributed by atoms with Crippen molar-refractivity contribution < 1.29 is 13.5 Å². The second-order valence-electron chi connectivity index (χ2n) is 5.03. The molecule has 0 radical (unpaired) electrons. The van der Waals surface area contributed by atoms with Gasteiger partial charge >= 0.3 is 0 Å². The normalized spacial score (nSPS) is 18.5. The molecule has 0 fully saturated rings. The number of alkyl halides is 1. The van der Waals surface area contributed by atoms with Crippen LogP contribution in [0, 0.1) is 11.6 Å². The minimum Gasteiger partial charge on any atom is -0.490 e. The van der Waals surface area contributed by atoms with Crippen LogP contribution in [0.3, 0.4) is 0 Å². The van der Waals surface area contributed by atoms with E-state index in [1.807, 2.05) is 25.1 Å². The van der Waals surface area contributed by atoms with Crippen LogP contribution in [0.5, 0.6) is 5.75 Å². The summed E-state index contributed by atoms with van der Waals surface area (Å²) in [6.45, 7) is 2.02. The van der Waals surface area contributed by atoms with Crippen LogP contribution in [0.1, 0.15) is 28.4 Å². The van der Waals surface area contributed by atoms with E-state index in [2.05, 4.69) is 15.9 Å². The van der Waals surface area contributed by atoms with Gasteiger partial charge in [0.1, 0.15) is 23.5 Å². The molecule has 2 aromatic carbocycles. The number of hydrogen-bond donors (Lipinski definition) is 0. The van der Waals surface area contributed by atoms with E-state index in [1.165, 1.54) is 12.1 Å². The first-order chi connectivity index (χ1) is 9.54. The molecule has 0 N–H and O–H groups in total. The molecule has 0 saturated carbocycles. The largest absolute Gasteiger partial charge is 0.490 e. The number of halogens is 3. The lowest BCUT2D eigenvalue weighted by Crippen LogP contribution is -2.05. The van der Waals surface area contributed by atoms with Crippen molar-refractivity contribution in [2.45, 2.75) is 24.3 Å². The fourth-order valence-corrected chi connectivity index (χ4v) is 3.14. The Morgan fingerprint density at radius 3 is 2.75 bits per heavy atom. The quantitative estimate of drug-likeness (QED) is 0.716. The molecular weight excluding hydrogens is 326 g/mol. The zero-order valence-electron chi connectivity index (χ0n) is 10.9. The summed E-state index contributed by atoms with van der Waals surface area (Å²) in [5.41, 5.74) is 2.49. The fraction of sp³-hybridized carbons (Fsp3) is 0.250. The van der Waals surface area contributed by atoms with Gasteiger partial charge in [0.25, 0.3) is 0 Å². The van der Waals surface area contributed by atoms with Crippen molar-refractivity contribution >= 4 is 15.9 Å². The van der Waals surface area contributed by atoms with E-state index < -0.39 is 11.6 Å². The number of benzene rings is 2. The number of ether oxygens (including phenoxy) is 1. The number of fused-ring (bicyclic) bond motifs is 1. The van der Waals surface area contributed by atoms with Crippen molar-refractivity contribution in [1.29, 1.82) is 0 Å². The van der Waals surface area contributed by atoms with Crippen molar-refractivity contribution in [1.82, 2.24) is 0 Å². The smallest absolute Gasteiger partial charge is 0.130 e. The summed E-state index contributed by atoms with van der Waals surface area (Å²) in [4.78, 5) is -0.302. The Morgan fingerprint density at radius 1 is 1.20 bits per heavy atom. The summed E-state index contributed by atoms with van der Waals surface area (Å²) in [5.74, 6) is -0.223. The first-order valence-corrected chi connectivity index (χ1v) is 7.34. The molecule has 0 saturated heterocycles. The maximum absolute atomic E-state index is 13.8. The molecular formula is C16H13BrF2O. The topological polar surface area (TPSA) is 9.23 Å².